The molecule has 3 heterocycles. The van der Waals surface area contributed by atoms with Gasteiger partial charge in [0.05, 0.1) is 30.3 Å². The fourth-order valence-electron chi connectivity index (χ4n) is 3.68. The number of aryl methyl sites for hydroxylation is 1. The molecule has 0 radical (unpaired) electrons. The van der Waals surface area contributed by atoms with Crippen LogP contribution in [0.3, 0.4) is 0 Å². The highest BCUT2D eigenvalue weighted by Crippen LogP contribution is 2.26. The zero-order valence-corrected chi connectivity index (χ0v) is 15.9. The monoisotopic (exact) mass is 382 g/mol. The fourth-order valence-corrected chi connectivity index (χ4v) is 3.68. The summed E-state index contributed by atoms with van der Waals surface area (Å²) in [4.78, 5) is 40.8. The van der Waals surface area contributed by atoms with Gasteiger partial charge in [-0.3, -0.25) is 19.3 Å². The van der Waals surface area contributed by atoms with Crippen molar-refractivity contribution in [1.82, 2.24) is 9.80 Å². The second-order valence-corrected chi connectivity index (χ2v) is 7.29. The second-order valence-electron chi connectivity index (χ2n) is 7.29. The summed E-state index contributed by atoms with van der Waals surface area (Å²) >= 11 is 0. The van der Waals surface area contributed by atoms with Crippen molar-refractivity contribution in [2.75, 3.05) is 20.2 Å². The number of benzene rings is 1. The van der Waals surface area contributed by atoms with Gasteiger partial charge in [-0.2, -0.15) is 0 Å². The van der Waals surface area contributed by atoms with Gasteiger partial charge >= 0.3 is 0 Å². The van der Waals surface area contributed by atoms with Crippen LogP contribution in [0.15, 0.2) is 34.7 Å². The second kappa shape index (κ2) is 7.24. The van der Waals surface area contributed by atoms with Crippen molar-refractivity contribution in [2.45, 2.75) is 32.4 Å². The van der Waals surface area contributed by atoms with E-state index in [0.717, 1.165) is 18.6 Å². The molecule has 2 aliphatic heterocycles. The van der Waals surface area contributed by atoms with Crippen LogP contribution in [0.5, 0.6) is 0 Å². The zero-order valence-electron chi connectivity index (χ0n) is 15.9. The molecule has 2 aliphatic rings. The SMILES string of the molecule is Cc1ccc(CN(C)C(=O)c2ccc3c(c2)C(=O)N(CC2CCCO2)C3=O)o1. The van der Waals surface area contributed by atoms with Crippen LogP contribution in [-0.2, 0) is 11.3 Å². The van der Waals surface area contributed by atoms with E-state index in [-0.39, 0.29) is 35.9 Å². The van der Waals surface area contributed by atoms with Crippen LogP contribution >= 0.6 is 0 Å². The Morgan fingerprint density at radius 2 is 1.96 bits per heavy atom. The number of carbonyl (C=O) groups is 3. The van der Waals surface area contributed by atoms with Gasteiger partial charge in [0.2, 0.25) is 0 Å². The van der Waals surface area contributed by atoms with Crippen molar-refractivity contribution in [3.8, 4) is 0 Å². The molecule has 0 saturated carbocycles. The maximum atomic E-state index is 12.8. The smallest absolute Gasteiger partial charge is 0.261 e. The average molecular weight is 382 g/mol. The Bertz CT molecular complexity index is 942. The molecular formula is C21H22N2O5. The van der Waals surface area contributed by atoms with Crippen molar-refractivity contribution in [3.05, 3.63) is 58.5 Å². The molecule has 0 N–H and O–H groups in total. The molecule has 1 fully saturated rings. The molecule has 146 valence electrons. The highest BCUT2D eigenvalue weighted by molar-refractivity contribution is 6.22. The van der Waals surface area contributed by atoms with E-state index in [1.807, 2.05) is 19.1 Å². The molecule has 1 aromatic heterocycles. The molecule has 7 nitrogen and oxygen atoms in total. The lowest BCUT2D eigenvalue weighted by molar-refractivity contribution is 0.0475. The van der Waals surface area contributed by atoms with Gasteiger partial charge in [0.25, 0.3) is 17.7 Å². The number of imide groups is 1. The van der Waals surface area contributed by atoms with Gasteiger partial charge in [-0.15, -0.1) is 0 Å². The number of hydrogen-bond acceptors (Lipinski definition) is 5. The molecule has 1 unspecified atom stereocenters. The lowest BCUT2D eigenvalue weighted by Gasteiger charge is -2.18. The molecule has 1 aromatic carbocycles. The number of hydrogen-bond donors (Lipinski definition) is 0. The van der Waals surface area contributed by atoms with Crippen LogP contribution in [0.25, 0.3) is 0 Å². The third kappa shape index (κ3) is 3.33. The standard InChI is InChI=1S/C21H22N2O5/c1-13-5-7-16(28-13)11-22(2)19(24)14-6-8-17-18(10-14)21(26)23(20(17)25)12-15-4-3-9-27-15/h5-8,10,15H,3-4,9,11-12H2,1-2H3. The van der Waals surface area contributed by atoms with Gasteiger partial charge in [-0.25, -0.2) is 0 Å². The average Bonchev–Trinajstić information content (AvgIpc) is 3.39. The number of nitrogens with zero attached hydrogens (tertiary/aromatic N) is 2. The third-order valence-corrected chi connectivity index (χ3v) is 5.16. The first-order valence-corrected chi connectivity index (χ1v) is 9.36. The van der Waals surface area contributed by atoms with Crippen molar-refractivity contribution in [2.24, 2.45) is 0 Å². The third-order valence-electron chi connectivity index (χ3n) is 5.16. The summed E-state index contributed by atoms with van der Waals surface area (Å²) in [6, 6.07) is 8.33. The van der Waals surface area contributed by atoms with Crippen LogP contribution in [0, 0.1) is 6.92 Å². The van der Waals surface area contributed by atoms with Crippen molar-refractivity contribution in [3.63, 3.8) is 0 Å². The van der Waals surface area contributed by atoms with Crippen LogP contribution < -0.4 is 0 Å². The Labute approximate surface area is 162 Å². The molecule has 2 aromatic rings. The lowest BCUT2D eigenvalue weighted by Crippen LogP contribution is -2.36. The van der Waals surface area contributed by atoms with Crippen LogP contribution in [0.2, 0.25) is 0 Å². The molecular weight excluding hydrogens is 360 g/mol. The van der Waals surface area contributed by atoms with Gasteiger partial charge in [0.15, 0.2) is 0 Å². The Morgan fingerprint density at radius 1 is 1.18 bits per heavy atom. The number of carbonyl (C=O) groups excluding carboxylic acids is 3. The quantitative estimate of drug-likeness (QED) is 0.743. The van der Waals surface area contributed by atoms with E-state index in [1.165, 1.54) is 15.9 Å². The predicted octanol–water partition coefficient (Wildman–Crippen LogP) is 2.64. The number of ether oxygens (including phenoxy) is 1. The Morgan fingerprint density at radius 3 is 2.64 bits per heavy atom. The highest BCUT2D eigenvalue weighted by atomic mass is 16.5. The predicted molar refractivity (Wildman–Crippen MR) is 100 cm³/mol. The summed E-state index contributed by atoms with van der Waals surface area (Å²) in [5.74, 6) is 0.533. The van der Waals surface area contributed by atoms with Gasteiger partial charge in [-0.05, 0) is 50.1 Å². The van der Waals surface area contributed by atoms with Gasteiger partial charge in [-0.1, -0.05) is 0 Å². The number of fused-ring (bicyclic) bond motifs is 1. The summed E-state index contributed by atoms with van der Waals surface area (Å²) < 4.78 is 11.1. The largest absolute Gasteiger partial charge is 0.464 e. The molecule has 1 saturated heterocycles. The molecule has 7 heteroatoms. The molecule has 0 bridgehead atoms. The summed E-state index contributed by atoms with van der Waals surface area (Å²) in [7, 11) is 1.67. The first-order chi connectivity index (χ1) is 13.4. The summed E-state index contributed by atoms with van der Waals surface area (Å²) in [5.41, 5.74) is 0.976. The summed E-state index contributed by atoms with van der Waals surface area (Å²) in [6.45, 7) is 3.08. The van der Waals surface area contributed by atoms with Gasteiger partial charge < -0.3 is 14.1 Å². The zero-order chi connectivity index (χ0) is 19.8. The van der Waals surface area contributed by atoms with Crippen LogP contribution in [0.1, 0.15) is 55.4 Å². The summed E-state index contributed by atoms with van der Waals surface area (Å²) in [5, 5.41) is 0. The minimum atomic E-state index is -0.366. The van der Waals surface area contributed by atoms with E-state index in [4.69, 9.17) is 9.15 Å². The molecule has 1 atom stereocenters. The van der Waals surface area contributed by atoms with Crippen molar-refractivity contribution in [1.29, 1.82) is 0 Å². The van der Waals surface area contributed by atoms with E-state index >= 15 is 0 Å². The Balaban J connectivity index is 1.51. The number of amides is 3. The van der Waals surface area contributed by atoms with E-state index in [1.54, 1.807) is 19.2 Å². The van der Waals surface area contributed by atoms with E-state index in [2.05, 4.69) is 0 Å². The maximum absolute atomic E-state index is 12.8. The lowest BCUT2D eigenvalue weighted by atomic mass is 10.0. The fraction of sp³-hybridized carbons (Fsp3) is 0.381. The highest BCUT2D eigenvalue weighted by Gasteiger charge is 2.38. The number of rotatable bonds is 5. The molecule has 28 heavy (non-hydrogen) atoms. The first kappa shape index (κ1) is 18.4. The molecule has 4 rings (SSSR count). The van der Waals surface area contributed by atoms with E-state index < -0.39 is 0 Å². The molecule has 3 amide bonds. The Kier molecular flexibility index (Phi) is 4.77. The topological polar surface area (TPSA) is 80.1 Å². The molecule has 0 aliphatic carbocycles. The minimum absolute atomic E-state index is 0.105. The maximum Gasteiger partial charge on any atom is 0.261 e. The van der Waals surface area contributed by atoms with Crippen molar-refractivity contribution < 1.29 is 23.5 Å². The first-order valence-electron chi connectivity index (χ1n) is 9.36. The van der Waals surface area contributed by atoms with E-state index in [9.17, 15) is 14.4 Å². The van der Waals surface area contributed by atoms with Crippen LogP contribution in [-0.4, -0.2) is 53.8 Å². The van der Waals surface area contributed by atoms with Crippen LogP contribution in [0.4, 0.5) is 0 Å². The normalized spacial score (nSPS) is 18.6. The Hall–Kier alpha value is -2.93. The van der Waals surface area contributed by atoms with Crippen molar-refractivity contribution >= 4 is 17.7 Å². The number of furan rings is 1. The molecule has 0 spiro atoms. The van der Waals surface area contributed by atoms with Gasteiger partial charge in [0, 0.05) is 19.2 Å². The minimum Gasteiger partial charge on any atom is -0.464 e. The van der Waals surface area contributed by atoms with Gasteiger partial charge in [0.1, 0.15) is 11.5 Å². The van der Waals surface area contributed by atoms with E-state index in [0.29, 0.717) is 30.0 Å². The summed E-state index contributed by atoms with van der Waals surface area (Å²) in [6.07, 6.45) is 1.67.